The molecule has 0 unspecified atom stereocenters. The molecular formula is C17H26N2O4. The first-order valence-corrected chi connectivity index (χ1v) is 7.78. The Morgan fingerprint density at radius 2 is 1.74 bits per heavy atom. The van der Waals surface area contributed by atoms with Crippen LogP contribution in [0.1, 0.15) is 33.6 Å². The molecule has 1 aromatic carbocycles. The number of alkyl carbamates (subject to hydrolysis) is 1. The van der Waals surface area contributed by atoms with E-state index in [9.17, 15) is 9.59 Å². The van der Waals surface area contributed by atoms with Crippen molar-refractivity contribution in [2.45, 2.75) is 39.2 Å². The molecule has 2 amide bonds. The summed E-state index contributed by atoms with van der Waals surface area (Å²) in [5.41, 5.74) is -0.537. The fourth-order valence-electron chi connectivity index (χ4n) is 1.69. The van der Waals surface area contributed by atoms with Gasteiger partial charge in [-0.05, 0) is 39.3 Å². The highest BCUT2D eigenvalue weighted by molar-refractivity contribution is 5.76. The summed E-state index contributed by atoms with van der Waals surface area (Å²) in [7, 11) is 0. The fraction of sp³-hybridized carbons (Fsp3) is 0.529. The van der Waals surface area contributed by atoms with Gasteiger partial charge in [-0.2, -0.15) is 0 Å². The van der Waals surface area contributed by atoms with Crippen molar-refractivity contribution in [2.24, 2.45) is 0 Å². The molecule has 0 spiro atoms. The minimum atomic E-state index is -0.537. The summed E-state index contributed by atoms with van der Waals surface area (Å²) in [6.45, 7) is 6.70. The van der Waals surface area contributed by atoms with Gasteiger partial charge in [0.1, 0.15) is 11.4 Å². The number of para-hydroxylation sites is 1. The van der Waals surface area contributed by atoms with Crippen LogP contribution in [0, 0.1) is 0 Å². The third kappa shape index (κ3) is 10.2. The second kappa shape index (κ2) is 9.71. The van der Waals surface area contributed by atoms with Crippen molar-refractivity contribution in [3.05, 3.63) is 30.3 Å². The maximum Gasteiger partial charge on any atom is 0.407 e. The van der Waals surface area contributed by atoms with Gasteiger partial charge in [0, 0.05) is 19.5 Å². The van der Waals surface area contributed by atoms with E-state index in [0.29, 0.717) is 13.2 Å². The van der Waals surface area contributed by atoms with Crippen molar-refractivity contribution < 1.29 is 19.1 Å². The van der Waals surface area contributed by atoms with Gasteiger partial charge in [-0.3, -0.25) is 4.79 Å². The molecular weight excluding hydrogens is 296 g/mol. The van der Waals surface area contributed by atoms with Crippen LogP contribution in [-0.2, 0) is 9.53 Å². The Morgan fingerprint density at radius 3 is 2.39 bits per heavy atom. The predicted octanol–water partition coefficient (Wildman–Crippen LogP) is 2.49. The minimum absolute atomic E-state index is 0.110. The number of amides is 2. The van der Waals surface area contributed by atoms with E-state index in [0.717, 1.165) is 12.2 Å². The summed E-state index contributed by atoms with van der Waals surface area (Å²) in [4.78, 5) is 23.0. The molecule has 6 heteroatoms. The number of hydrogen-bond acceptors (Lipinski definition) is 4. The van der Waals surface area contributed by atoms with Crippen LogP contribution in [0.15, 0.2) is 30.3 Å². The number of rotatable bonds is 8. The highest BCUT2D eigenvalue weighted by Gasteiger charge is 2.15. The van der Waals surface area contributed by atoms with Crippen molar-refractivity contribution in [1.82, 2.24) is 10.6 Å². The first kappa shape index (κ1) is 18.8. The standard InChI is InChI=1S/C17H26N2O4/c1-17(2,3)23-16(21)19-12-10-15(20)18-11-7-13-22-14-8-5-4-6-9-14/h4-6,8-9H,7,10-13H2,1-3H3,(H,18,20)(H,19,21). The van der Waals surface area contributed by atoms with Crippen molar-refractivity contribution >= 4 is 12.0 Å². The molecule has 0 fully saturated rings. The Bertz CT molecular complexity index is 483. The number of benzene rings is 1. The molecule has 2 N–H and O–H groups in total. The first-order chi connectivity index (χ1) is 10.9. The van der Waals surface area contributed by atoms with Crippen LogP contribution < -0.4 is 15.4 Å². The zero-order valence-electron chi connectivity index (χ0n) is 14.1. The third-order valence-electron chi connectivity index (χ3n) is 2.68. The predicted molar refractivity (Wildman–Crippen MR) is 88.4 cm³/mol. The Morgan fingerprint density at radius 1 is 1.04 bits per heavy atom. The van der Waals surface area contributed by atoms with Gasteiger partial charge in [0.25, 0.3) is 0 Å². The lowest BCUT2D eigenvalue weighted by Gasteiger charge is -2.19. The van der Waals surface area contributed by atoms with E-state index in [1.54, 1.807) is 20.8 Å². The largest absolute Gasteiger partial charge is 0.494 e. The first-order valence-electron chi connectivity index (χ1n) is 7.78. The maximum absolute atomic E-state index is 11.6. The number of carbonyl (C=O) groups is 2. The number of hydrogen-bond donors (Lipinski definition) is 2. The molecule has 6 nitrogen and oxygen atoms in total. The second-order valence-electron chi connectivity index (χ2n) is 6.04. The second-order valence-corrected chi connectivity index (χ2v) is 6.04. The van der Waals surface area contributed by atoms with Crippen LogP contribution in [-0.4, -0.2) is 37.3 Å². The van der Waals surface area contributed by atoms with Crippen LogP contribution in [0.3, 0.4) is 0 Å². The van der Waals surface area contributed by atoms with Gasteiger partial charge in [-0.25, -0.2) is 4.79 Å². The summed E-state index contributed by atoms with van der Waals surface area (Å²) in [6, 6.07) is 9.53. The minimum Gasteiger partial charge on any atom is -0.494 e. The summed E-state index contributed by atoms with van der Waals surface area (Å²) in [5.74, 6) is 0.709. The molecule has 1 aromatic rings. The topological polar surface area (TPSA) is 76.7 Å². The molecule has 0 aliphatic rings. The molecule has 128 valence electrons. The van der Waals surface area contributed by atoms with Gasteiger partial charge in [-0.1, -0.05) is 18.2 Å². The summed E-state index contributed by atoms with van der Waals surface area (Å²) in [5, 5.41) is 5.33. The van der Waals surface area contributed by atoms with Gasteiger partial charge in [0.05, 0.1) is 6.61 Å². The van der Waals surface area contributed by atoms with Crippen LogP contribution in [0.5, 0.6) is 5.75 Å². The van der Waals surface area contributed by atoms with Gasteiger partial charge in [0.15, 0.2) is 0 Å². The molecule has 0 heterocycles. The molecule has 0 saturated carbocycles. The van der Waals surface area contributed by atoms with E-state index in [2.05, 4.69) is 10.6 Å². The van der Waals surface area contributed by atoms with Crippen LogP contribution in [0.2, 0.25) is 0 Å². The van der Waals surface area contributed by atoms with Crippen molar-refractivity contribution in [2.75, 3.05) is 19.7 Å². The lowest BCUT2D eigenvalue weighted by atomic mass is 10.2. The van der Waals surface area contributed by atoms with E-state index >= 15 is 0 Å². The zero-order chi connectivity index (χ0) is 17.1. The molecule has 0 radical (unpaired) electrons. The van der Waals surface area contributed by atoms with Gasteiger partial charge < -0.3 is 20.1 Å². The molecule has 0 aliphatic heterocycles. The Hall–Kier alpha value is -2.24. The SMILES string of the molecule is CC(C)(C)OC(=O)NCCC(=O)NCCCOc1ccccc1. The molecule has 0 saturated heterocycles. The molecule has 1 rings (SSSR count). The normalized spacial score (nSPS) is 10.7. The summed E-state index contributed by atoms with van der Waals surface area (Å²) in [6.07, 6.45) is 0.431. The lowest BCUT2D eigenvalue weighted by molar-refractivity contribution is -0.120. The van der Waals surface area contributed by atoms with Crippen molar-refractivity contribution in [3.8, 4) is 5.75 Å². The van der Waals surface area contributed by atoms with Crippen LogP contribution in [0.4, 0.5) is 4.79 Å². The summed E-state index contributed by atoms with van der Waals surface area (Å²) < 4.78 is 10.6. The molecule has 0 atom stereocenters. The zero-order valence-corrected chi connectivity index (χ0v) is 14.1. The number of ether oxygens (including phenoxy) is 2. The Balaban J connectivity index is 2.01. The monoisotopic (exact) mass is 322 g/mol. The van der Waals surface area contributed by atoms with Gasteiger partial charge in [0.2, 0.25) is 5.91 Å². The number of carbonyl (C=O) groups excluding carboxylic acids is 2. The van der Waals surface area contributed by atoms with E-state index in [4.69, 9.17) is 9.47 Å². The maximum atomic E-state index is 11.6. The lowest BCUT2D eigenvalue weighted by Crippen LogP contribution is -2.35. The molecule has 0 aliphatic carbocycles. The quantitative estimate of drug-likeness (QED) is 0.721. The summed E-state index contributed by atoms with van der Waals surface area (Å²) >= 11 is 0. The highest BCUT2D eigenvalue weighted by atomic mass is 16.6. The van der Waals surface area contributed by atoms with E-state index in [1.165, 1.54) is 0 Å². The number of nitrogens with one attached hydrogen (secondary N) is 2. The smallest absolute Gasteiger partial charge is 0.407 e. The Labute approximate surface area is 137 Å². The van der Waals surface area contributed by atoms with E-state index in [-0.39, 0.29) is 18.9 Å². The average Bonchev–Trinajstić information content (AvgIpc) is 2.46. The molecule has 0 bridgehead atoms. The average molecular weight is 322 g/mol. The van der Waals surface area contributed by atoms with E-state index < -0.39 is 11.7 Å². The fourth-order valence-corrected chi connectivity index (χ4v) is 1.69. The third-order valence-corrected chi connectivity index (χ3v) is 2.68. The van der Waals surface area contributed by atoms with Crippen LogP contribution >= 0.6 is 0 Å². The van der Waals surface area contributed by atoms with E-state index in [1.807, 2.05) is 30.3 Å². The van der Waals surface area contributed by atoms with Crippen LogP contribution in [0.25, 0.3) is 0 Å². The van der Waals surface area contributed by atoms with Gasteiger partial charge in [-0.15, -0.1) is 0 Å². The van der Waals surface area contributed by atoms with Crippen molar-refractivity contribution in [3.63, 3.8) is 0 Å². The van der Waals surface area contributed by atoms with Gasteiger partial charge >= 0.3 is 6.09 Å². The Kier molecular flexibility index (Phi) is 7.94. The van der Waals surface area contributed by atoms with Crippen molar-refractivity contribution in [1.29, 1.82) is 0 Å². The molecule has 0 aromatic heterocycles. The molecule has 23 heavy (non-hydrogen) atoms. The highest BCUT2D eigenvalue weighted by Crippen LogP contribution is 2.08.